The van der Waals surface area contributed by atoms with Gasteiger partial charge in [-0.1, -0.05) is 17.8 Å². The zero-order valence-electron chi connectivity index (χ0n) is 14.3. The Labute approximate surface area is 161 Å². The molecule has 0 aliphatic carbocycles. The molecule has 28 heavy (non-hydrogen) atoms. The molecule has 0 atom stereocenters. The molecular weight excluding hydrogens is 383 g/mol. The van der Waals surface area contributed by atoms with Crippen molar-refractivity contribution < 1.29 is 14.3 Å². The highest BCUT2D eigenvalue weighted by Gasteiger charge is 2.15. The second kappa shape index (κ2) is 7.28. The molecule has 0 fully saturated rings. The van der Waals surface area contributed by atoms with E-state index >= 15 is 0 Å². The lowest BCUT2D eigenvalue weighted by atomic mass is 10.1. The summed E-state index contributed by atoms with van der Waals surface area (Å²) < 4.78 is 14.6. The first-order valence-electron chi connectivity index (χ1n) is 8.20. The van der Waals surface area contributed by atoms with E-state index in [9.17, 15) is 14.0 Å². The number of nitrogens with one attached hydrogen (secondary N) is 1. The van der Waals surface area contributed by atoms with E-state index in [1.165, 1.54) is 28.8 Å². The normalized spacial score (nSPS) is 11.0. The van der Waals surface area contributed by atoms with Crippen molar-refractivity contribution in [3.63, 3.8) is 0 Å². The van der Waals surface area contributed by atoms with Gasteiger partial charge in [0.2, 0.25) is 0 Å². The van der Waals surface area contributed by atoms with Crippen LogP contribution < -0.4 is 5.56 Å². The van der Waals surface area contributed by atoms with Crippen molar-refractivity contribution in [3.05, 3.63) is 70.9 Å². The van der Waals surface area contributed by atoms with Gasteiger partial charge < -0.3 is 5.11 Å². The number of hydrogen-bond acceptors (Lipinski definition) is 5. The topological polar surface area (TPSA) is 101 Å². The molecule has 0 bridgehead atoms. The number of halogens is 1. The molecule has 4 rings (SSSR count). The summed E-state index contributed by atoms with van der Waals surface area (Å²) in [4.78, 5) is 28.7. The van der Waals surface area contributed by atoms with Crippen molar-refractivity contribution in [2.45, 2.75) is 5.16 Å². The Balaban J connectivity index is 1.93. The van der Waals surface area contributed by atoms with Gasteiger partial charge in [0.15, 0.2) is 5.16 Å². The van der Waals surface area contributed by atoms with Crippen LogP contribution in [0.2, 0.25) is 0 Å². The van der Waals surface area contributed by atoms with E-state index in [-0.39, 0.29) is 16.5 Å². The maximum absolute atomic E-state index is 13.3. The number of nitrogens with zero attached hydrogens (tertiary/aromatic N) is 3. The van der Waals surface area contributed by atoms with Gasteiger partial charge in [0.1, 0.15) is 5.82 Å². The minimum absolute atomic E-state index is 0.216. The second-order valence-electron chi connectivity index (χ2n) is 5.90. The summed E-state index contributed by atoms with van der Waals surface area (Å²) in [5.41, 5.74) is 2.05. The fourth-order valence-electron chi connectivity index (χ4n) is 2.79. The van der Waals surface area contributed by atoms with Gasteiger partial charge >= 0.3 is 5.97 Å². The van der Waals surface area contributed by atoms with Crippen LogP contribution >= 0.6 is 11.8 Å². The Morgan fingerprint density at radius 1 is 1.18 bits per heavy atom. The molecule has 9 heteroatoms. The molecule has 0 radical (unpaired) electrons. The molecule has 140 valence electrons. The Hall–Kier alpha value is -3.46. The largest absolute Gasteiger partial charge is 0.481 e. The smallest absolute Gasteiger partial charge is 0.313 e. The molecule has 2 N–H and O–H groups in total. The Morgan fingerprint density at radius 2 is 1.96 bits per heavy atom. The molecule has 7 nitrogen and oxygen atoms in total. The van der Waals surface area contributed by atoms with Crippen molar-refractivity contribution >= 4 is 28.6 Å². The first-order chi connectivity index (χ1) is 13.5. The predicted octanol–water partition coefficient (Wildman–Crippen LogP) is 3.09. The van der Waals surface area contributed by atoms with Crippen molar-refractivity contribution in [2.75, 3.05) is 5.75 Å². The zero-order chi connectivity index (χ0) is 19.7. The molecule has 0 aliphatic rings. The second-order valence-corrected chi connectivity index (χ2v) is 6.84. The van der Waals surface area contributed by atoms with Crippen LogP contribution in [-0.2, 0) is 4.79 Å². The number of benzene rings is 2. The average molecular weight is 396 g/mol. The van der Waals surface area contributed by atoms with E-state index in [2.05, 4.69) is 15.2 Å². The zero-order valence-corrected chi connectivity index (χ0v) is 15.1. The molecule has 0 spiro atoms. The van der Waals surface area contributed by atoms with E-state index in [1.807, 2.05) is 0 Å². The SMILES string of the molecule is O=C(O)CSc1nc2cc(-c3ccn[nH]3)ccc2c(=O)n1-c1ccc(F)cc1. The number of thioether (sulfide) groups is 1. The summed E-state index contributed by atoms with van der Waals surface area (Å²) in [6, 6.07) is 12.3. The van der Waals surface area contributed by atoms with Crippen molar-refractivity contribution in [3.8, 4) is 16.9 Å². The summed E-state index contributed by atoms with van der Waals surface area (Å²) >= 11 is 0.925. The van der Waals surface area contributed by atoms with Crippen molar-refractivity contribution in [2.24, 2.45) is 0 Å². The average Bonchev–Trinajstić information content (AvgIpc) is 3.22. The van der Waals surface area contributed by atoms with E-state index < -0.39 is 11.8 Å². The molecule has 0 saturated carbocycles. The van der Waals surface area contributed by atoms with Crippen LogP contribution in [0.5, 0.6) is 0 Å². The number of aromatic nitrogens is 4. The summed E-state index contributed by atoms with van der Waals surface area (Å²) in [5.74, 6) is -1.73. The molecule has 0 unspecified atom stereocenters. The lowest BCUT2D eigenvalue weighted by Gasteiger charge is -2.13. The van der Waals surface area contributed by atoms with Gasteiger partial charge in [0, 0.05) is 11.8 Å². The number of aromatic amines is 1. The van der Waals surface area contributed by atoms with Crippen molar-refractivity contribution in [1.29, 1.82) is 0 Å². The quantitative estimate of drug-likeness (QED) is 0.397. The van der Waals surface area contributed by atoms with E-state index in [1.54, 1.807) is 30.5 Å². The standard InChI is InChI=1S/C19H13FN4O3S/c20-12-2-4-13(5-3-12)24-18(27)14-6-1-11(15-7-8-21-23-15)9-16(14)22-19(24)28-10-17(25)26/h1-9H,10H2,(H,21,23)(H,25,26). The number of carbonyl (C=O) groups is 1. The summed E-state index contributed by atoms with van der Waals surface area (Å²) in [7, 11) is 0. The van der Waals surface area contributed by atoms with Crippen LogP contribution in [0.3, 0.4) is 0 Å². The van der Waals surface area contributed by atoms with Gasteiger partial charge in [0.05, 0.1) is 28.0 Å². The van der Waals surface area contributed by atoms with E-state index in [4.69, 9.17) is 5.11 Å². The third-order valence-corrected chi connectivity index (χ3v) is 4.98. The van der Waals surface area contributed by atoms with Gasteiger partial charge in [-0.15, -0.1) is 0 Å². The number of rotatable bonds is 5. The Morgan fingerprint density at radius 3 is 2.64 bits per heavy atom. The number of aliphatic carboxylic acids is 1. The van der Waals surface area contributed by atoms with Crippen LogP contribution in [0.4, 0.5) is 4.39 Å². The van der Waals surface area contributed by atoms with E-state index in [0.717, 1.165) is 23.0 Å². The van der Waals surface area contributed by atoms with Crippen LogP contribution in [0.1, 0.15) is 0 Å². The maximum Gasteiger partial charge on any atom is 0.313 e. The Kier molecular flexibility index (Phi) is 4.66. The summed E-state index contributed by atoms with van der Waals surface area (Å²) in [5, 5.41) is 16.4. The molecule has 4 aromatic rings. The fourth-order valence-corrected chi connectivity index (χ4v) is 3.52. The number of fused-ring (bicyclic) bond motifs is 1. The van der Waals surface area contributed by atoms with Crippen molar-refractivity contribution in [1.82, 2.24) is 19.7 Å². The highest BCUT2D eigenvalue weighted by molar-refractivity contribution is 7.99. The molecule has 2 aromatic heterocycles. The van der Waals surface area contributed by atoms with Crippen LogP contribution in [0.15, 0.2) is 64.7 Å². The van der Waals surface area contributed by atoms with Crippen LogP contribution in [-0.4, -0.2) is 36.6 Å². The highest BCUT2D eigenvalue weighted by atomic mass is 32.2. The van der Waals surface area contributed by atoms with Crippen LogP contribution in [0.25, 0.3) is 27.8 Å². The predicted molar refractivity (Wildman–Crippen MR) is 103 cm³/mol. The fraction of sp³-hybridized carbons (Fsp3) is 0.0526. The lowest BCUT2D eigenvalue weighted by molar-refractivity contribution is -0.133. The maximum atomic E-state index is 13.3. The first-order valence-corrected chi connectivity index (χ1v) is 9.18. The minimum atomic E-state index is -1.03. The molecule has 0 saturated heterocycles. The van der Waals surface area contributed by atoms with Gasteiger partial charge in [-0.25, -0.2) is 9.37 Å². The molecule has 0 aliphatic heterocycles. The van der Waals surface area contributed by atoms with Gasteiger partial charge in [0.25, 0.3) is 5.56 Å². The van der Waals surface area contributed by atoms with Gasteiger partial charge in [-0.2, -0.15) is 5.10 Å². The molecule has 2 heterocycles. The number of carboxylic acid groups (broad SMARTS) is 1. The van der Waals surface area contributed by atoms with Crippen LogP contribution in [0, 0.1) is 5.82 Å². The molecule has 0 amide bonds. The third kappa shape index (κ3) is 3.39. The molecular formula is C19H13FN4O3S. The van der Waals surface area contributed by atoms with E-state index in [0.29, 0.717) is 16.6 Å². The lowest BCUT2D eigenvalue weighted by Crippen LogP contribution is -2.22. The first kappa shape index (κ1) is 17.9. The number of hydrogen-bond donors (Lipinski definition) is 2. The van der Waals surface area contributed by atoms with Gasteiger partial charge in [-0.05, 0) is 42.5 Å². The summed E-state index contributed by atoms with van der Waals surface area (Å²) in [6.07, 6.45) is 1.62. The molecule has 2 aromatic carbocycles. The minimum Gasteiger partial charge on any atom is -0.481 e. The Bertz CT molecular complexity index is 1220. The number of H-pyrrole nitrogens is 1. The monoisotopic (exact) mass is 396 g/mol. The highest BCUT2D eigenvalue weighted by Crippen LogP contribution is 2.24. The third-order valence-electron chi connectivity index (χ3n) is 4.06. The summed E-state index contributed by atoms with van der Waals surface area (Å²) in [6.45, 7) is 0. The van der Waals surface area contributed by atoms with Gasteiger partial charge in [-0.3, -0.25) is 19.3 Å². The number of carboxylic acids is 1.